The largest absolute Gasteiger partial charge is 0.350 e. The van der Waals surface area contributed by atoms with Crippen LogP contribution in [0.3, 0.4) is 0 Å². The molecular formula is C10H13ClN4. The van der Waals surface area contributed by atoms with Gasteiger partial charge in [0.25, 0.3) is 0 Å². The summed E-state index contributed by atoms with van der Waals surface area (Å²) >= 11 is 5.73. The predicted octanol–water partition coefficient (Wildman–Crippen LogP) is 1.29. The van der Waals surface area contributed by atoms with E-state index >= 15 is 0 Å². The van der Waals surface area contributed by atoms with Crippen LogP contribution in [-0.4, -0.2) is 28.6 Å². The van der Waals surface area contributed by atoms with Crippen LogP contribution in [0, 0.1) is 5.92 Å². The van der Waals surface area contributed by atoms with Gasteiger partial charge in [-0.1, -0.05) is 11.6 Å². The third-order valence-corrected chi connectivity index (χ3v) is 3.46. The van der Waals surface area contributed by atoms with Crippen molar-refractivity contribution in [3.8, 4) is 0 Å². The first kappa shape index (κ1) is 9.36. The van der Waals surface area contributed by atoms with Crippen molar-refractivity contribution >= 4 is 17.5 Å². The van der Waals surface area contributed by atoms with Gasteiger partial charge in [0, 0.05) is 12.1 Å². The minimum atomic E-state index is 0.477. The van der Waals surface area contributed by atoms with Gasteiger partial charge in [-0.15, -0.1) is 0 Å². The zero-order valence-corrected chi connectivity index (χ0v) is 9.04. The van der Waals surface area contributed by atoms with Crippen LogP contribution in [0.2, 0.25) is 5.02 Å². The Kier molecular flexibility index (Phi) is 2.25. The Labute approximate surface area is 93.5 Å². The van der Waals surface area contributed by atoms with Gasteiger partial charge in [0.05, 0.1) is 17.4 Å². The molecule has 1 aromatic heterocycles. The summed E-state index contributed by atoms with van der Waals surface area (Å²) in [5.74, 6) is 1.51. The summed E-state index contributed by atoms with van der Waals surface area (Å²) in [5, 5.41) is 7.43. The van der Waals surface area contributed by atoms with Gasteiger partial charge in [0.1, 0.15) is 0 Å². The van der Waals surface area contributed by atoms with Crippen molar-refractivity contribution in [2.45, 2.75) is 24.9 Å². The molecule has 1 saturated heterocycles. The molecule has 1 aliphatic carbocycles. The summed E-state index contributed by atoms with van der Waals surface area (Å²) in [6.45, 7) is 1.17. The molecule has 5 heteroatoms. The summed E-state index contributed by atoms with van der Waals surface area (Å²) in [5.41, 5.74) is 0. The summed E-state index contributed by atoms with van der Waals surface area (Å²) in [7, 11) is 0. The molecule has 2 heterocycles. The van der Waals surface area contributed by atoms with E-state index < -0.39 is 0 Å². The maximum atomic E-state index is 5.73. The van der Waals surface area contributed by atoms with Gasteiger partial charge in [-0.3, -0.25) is 0 Å². The van der Waals surface area contributed by atoms with Crippen molar-refractivity contribution in [1.82, 2.24) is 15.3 Å². The van der Waals surface area contributed by atoms with E-state index in [9.17, 15) is 0 Å². The molecule has 3 rings (SSSR count). The van der Waals surface area contributed by atoms with Crippen molar-refractivity contribution in [3.63, 3.8) is 0 Å². The van der Waals surface area contributed by atoms with E-state index in [1.54, 1.807) is 12.4 Å². The third-order valence-electron chi connectivity index (χ3n) is 3.26. The second-order valence-corrected chi connectivity index (χ2v) is 4.76. The van der Waals surface area contributed by atoms with Crippen molar-refractivity contribution in [2.75, 3.05) is 11.9 Å². The first-order valence-electron chi connectivity index (χ1n) is 5.29. The molecule has 0 radical (unpaired) electrons. The average molecular weight is 225 g/mol. The molecule has 0 aromatic carbocycles. The lowest BCUT2D eigenvalue weighted by molar-refractivity contribution is 0.464. The molecule has 80 valence electrons. The highest BCUT2D eigenvalue weighted by atomic mass is 35.5. The lowest BCUT2D eigenvalue weighted by Crippen LogP contribution is -2.41. The number of hydrogen-bond acceptors (Lipinski definition) is 4. The smallest absolute Gasteiger partial charge is 0.222 e. The number of hydrogen-bond donors (Lipinski definition) is 2. The van der Waals surface area contributed by atoms with E-state index in [2.05, 4.69) is 20.6 Å². The van der Waals surface area contributed by atoms with Crippen LogP contribution < -0.4 is 10.6 Å². The summed E-state index contributed by atoms with van der Waals surface area (Å²) in [6.07, 6.45) is 5.75. The fourth-order valence-corrected chi connectivity index (χ4v) is 2.66. The Morgan fingerprint density at radius 3 is 2.73 bits per heavy atom. The number of anilines is 1. The summed E-state index contributed by atoms with van der Waals surface area (Å²) in [6, 6.07) is 1.07. The van der Waals surface area contributed by atoms with Crippen molar-refractivity contribution in [1.29, 1.82) is 0 Å². The molecule has 2 bridgehead atoms. The molecule has 2 aliphatic rings. The van der Waals surface area contributed by atoms with Crippen LogP contribution in [0.4, 0.5) is 5.95 Å². The zero-order valence-electron chi connectivity index (χ0n) is 8.28. The first-order chi connectivity index (χ1) is 7.31. The fraction of sp³-hybridized carbons (Fsp3) is 0.600. The Morgan fingerprint density at radius 1 is 1.33 bits per heavy atom. The van der Waals surface area contributed by atoms with E-state index in [0.29, 0.717) is 23.1 Å². The molecule has 1 aromatic rings. The molecule has 0 spiro atoms. The molecule has 0 amide bonds. The van der Waals surface area contributed by atoms with Crippen LogP contribution in [0.1, 0.15) is 12.8 Å². The fourth-order valence-electron chi connectivity index (χ4n) is 2.57. The Morgan fingerprint density at radius 2 is 2.13 bits per heavy atom. The summed E-state index contributed by atoms with van der Waals surface area (Å²) in [4.78, 5) is 8.29. The minimum Gasteiger partial charge on any atom is -0.350 e. The Balaban J connectivity index is 1.68. The van der Waals surface area contributed by atoms with Crippen LogP contribution in [0.25, 0.3) is 0 Å². The van der Waals surface area contributed by atoms with Gasteiger partial charge < -0.3 is 10.6 Å². The molecular weight excluding hydrogens is 212 g/mol. The Hall–Kier alpha value is -0.870. The first-order valence-corrected chi connectivity index (χ1v) is 5.66. The summed E-state index contributed by atoms with van der Waals surface area (Å²) < 4.78 is 0. The highest BCUT2D eigenvalue weighted by Gasteiger charge is 2.39. The Bertz CT molecular complexity index is 353. The second kappa shape index (κ2) is 3.61. The molecule has 0 unspecified atom stereocenters. The van der Waals surface area contributed by atoms with Crippen LogP contribution >= 0.6 is 11.6 Å². The quantitative estimate of drug-likeness (QED) is 0.795. The third kappa shape index (κ3) is 1.79. The van der Waals surface area contributed by atoms with Crippen molar-refractivity contribution < 1.29 is 0 Å². The van der Waals surface area contributed by atoms with Gasteiger partial charge in [-0.25, -0.2) is 9.97 Å². The normalized spacial score (nSPS) is 33.3. The number of nitrogens with zero attached hydrogens (tertiary/aromatic N) is 2. The zero-order chi connectivity index (χ0) is 10.3. The average Bonchev–Trinajstić information content (AvgIpc) is 2.83. The highest BCUT2D eigenvalue weighted by molar-refractivity contribution is 6.30. The van der Waals surface area contributed by atoms with Gasteiger partial charge in [0.2, 0.25) is 5.95 Å². The molecule has 4 nitrogen and oxygen atoms in total. The van der Waals surface area contributed by atoms with Crippen LogP contribution in [0.5, 0.6) is 0 Å². The maximum absolute atomic E-state index is 5.73. The van der Waals surface area contributed by atoms with Crippen molar-refractivity contribution in [2.24, 2.45) is 5.92 Å². The van der Waals surface area contributed by atoms with E-state index in [1.807, 2.05) is 0 Å². The number of fused-ring (bicyclic) bond motifs is 2. The predicted molar refractivity (Wildman–Crippen MR) is 59.0 cm³/mol. The number of aromatic nitrogens is 2. The van der Waals surface area contributed by atoms with Crippen molar-refractivity contribution in [3.05, 3.63) is 17.4 Å². The molecule has 1 saturated carbocycles. The standard InChI is InChI=1S/C10H13ClN4/c11-7-4-13-10(14-5-7)15-9-2-6-1-8(9)12-3-6/h4-6,8-9,12H,1-3H2,(H,13,14,15)/t6-,8+,9-/m1/s1. The lowest BCUT2D eigenvalue weighted by Gasteiger charge is -2.23. The van der Waals surface area contributed by atoms with Crippen LogP contribution in [0.15, 0.2) is 12.4 Å². The second-order valence-electron chi connectivity index (χ2n) is 4.33. The highest BCUT2D eigenvalue weighted by Crippen LogP contribution is 2.32. The minimum absolute atomic E-state index is 0.477. The number of halogens is 1. The molecule has 3 atom stereocenters. The number of rotatable bonds is 2. The number of nitrogens with one attached hydrogen (secondary N) is 2. The topological polar surface area (TPSA) is 49.8 Å². The van der Waals surface area contributed by atoms with E-state index in [-0.39, 0.29) is 0 Å². The lowest BCUT2D eigenvalue weighted by atomic mass is 10.1. The van der Waals surface area contributed by atoms with Gasteiger partial charge in [-0.2, -0.15) is 0 Å². The maximum Gasteiger partial charge on any atom is 0.222 e. The molecule has 2 N–H and O–H groups in total. The van der Waals surface area contributed by atoms with Crippen LogP contribution in [-0.2, 0) is 0 Å². The SMILES string of the molecule is Clc1cnc(N[C@@H]2C[C@@H]3CN[C@H]2C3)nc1. The van der Waals surface area contributed by atoms with Gasteiger partial charge in [-0.05, 0) is 25.3 Å². The number of piperidine rings is 1. The molecule has 1 aliphatic heterocycles. The van der Waals surface area contributed by atoms with E-state index in [4.69, 9.17) is 11.6 Å². The molecule has 15 heavy (non-hydrogen) atoms. The van der Waals surface area contributed by atoms with Gasteiger partial charge in [0.15, 0.2) is 0 Å². The van der Waals surface area contributed by atoms with Gasteiger partial charge >= 0.3 is 0 Å². The molecule has 2 fully saturated rings. The monoisotopic (exact) mass is 224 g/mol. The van der Waals surface area contributed by atoms with E-state index in [0.717, 1.165) is 5.92 Å². The van der Waals surface area contributed by atoms with E-state index in [1.165, 1.54) is 19.4 Å².